The maximum Gasteiger partial charge on any atom is 0.338 e. The van der Waals surface area contributed by atoms with Crippen LogP contribution in [0.25, 0.3) is 0 Å². The molecule has 1 aromatic heterocycles. The van der Waals surface area contributed by atoms with Gasteiger partial charge < -0.3 is 29.3 Å². The van der Waals surface area contributed by atoms with Gasteiger partial charge in [0.15, 0.2) is 23.9 Å². The highest BCUT2D eigenvalue weighted by atomic mass is 16.5. The maximum atomic E-state index is 12.2. The van der Waals surface area contributed by atoms with Crippen molar-refractivity contribution < 1.29 is 33.0 Å². The van der Waals surface area contributed by atoms with Crippen molar-refractivity contribution >= 4 is 29.2 Å². The van der Waals surface area contributed by atoms with E-state index in [9.17, 15) is 14.4 Å². The number of hydrogen-bond donors (Lipinski definition) is 2. The zero-order valence-corrected chi connectivity index (χ0v) is 18.3. The van der Waals surface area contributed by atoms with Gasteiger partial charge in [-0.2, -0.15) is 0 Å². The molecule has 1 heterocycles. The number of carbonyl (C=O) groups is 3. The Hall–Kier alpha value is -4.27. The molecule has 0 unspecified atom stereocenters. The second-order valence-electron chi connectivity index (χ2n) is 6.66. The highest BCUT2D eigenvalue weighted by molar-refractivity contribution is 6.02. The molecule has 9 heteroatoms. The van der Waals surface area contributed by atoms with E-state index in [-0.39, 0.29) is 11.3 Å². The number of benzene rings is 2. The fourth-order valence-corrected chi connectivity index (χ4v) is 2.83. The van der Waals surface area contributed by atoms with Gasteiger partial charge in [0.25, 0.3) is 11.8 Å². The van der Waals surface area contributed by atoms with Crippen LogP contribution in [-0.4, -0.2) is 37.6 Å². The molecule has 0 spiro atoms. The zero-order valence-electron chi connectivity index (χ0n) is 18.3. The van der Waals surface area contributed by atoms with E-state index in [2.05, 4.69) is 10.6 Å². The van der Waals surface area contributed by atoms with E-state index in [0.717, 1.165) is 0 Å². The van der Waals surface area contributed by atoms with E-state index in [1.54, 1.807) is 36.4 Å². The van der Waals surface area contributed by atoms with Gasteiger partial charge in [0.1, 0.15) is 0 Å². The van der Waals surface area contributed by atoms with Gasteiger partial charge in [0.2, 0.25) is 0 Å². The average molecular weight is 452 g/mol. The van der Waals surface area contributed by atoms with Gasteiger partial charge in [-0.25, -0.2) is 4.79 Å². The Balaban J connectivity index is 1.51. The van der Waals surface area contributed by atoms with Crippen LogP contribution in [0.5, 0.6) is 11.5 Å². The van der Waals surface area contributed by atoms with E-state index < -0.39 is 24.4 Å². The summed E-state index contributed by atoms with van der Waals surface area (Å²) in [6.45, 7) is 4.18. The fraction of sp³-hybridized carbons (Fsp3) is 0.208. The average Bonchev–Trinajstić information content (AvgIpc) is 3.35. The van der Waals surface area contributed by atoms with Crippen LogP contribution >= 0.6 is 0 Å². The van der Waals surface area contributed by atoms with E-state index in [1.165, 1.54) is 24.5 Å². The summed E-state index contributed by atoms with van der Waals surface area (Å²) in [5, 5.41) is 5.30. The number of hydrogen-bond acceptors (Lipinski definition) is 7. The Morgan fingerprint density at radius 3 is 2.21 bits per heavy atom. The molecule has 0 bridgehead atoms. The van der Waals surface area contributed by atoms with E-state index in [1.807, 2.05) is 13.8 Å². The van der Waals surface area contributed by atoms with Crippen LogP contribution in [0.3, 0.4) is 0 Å². The van der Waals surface area contributed by atoms with Crippen molar-refractivity contribution in [2.24, 2.45) is 0 Å². The van der Waals surface area contributed by atoms with Crippen LogP contribution in [0.15, 0.2) is 65.3 Å². The minimum atomic E-state index is -0.671. The van der Waals surface area contributed by atoms with Crippen LogP contribution in [0, 0.1) is 0 Å². The molecule has 0 atom stereocenters. The Labute approximate surface area is 190 Å². The second kappa shape index (κ2) is 11.4. The largest absolute Gasteiger partial charge is 0.490 e. The molecular weight excluding hydrogens is 428 g/mol. The highest BCUT2D eigenvalue weighted by Gasteiger charge is 2.13. The van der Waals surface area contributed by atoms with E-state index in [4.69, 9.17) is 18.6 Å². The molecule has 172 valence electrons. The standard InChI is InChI=1S/C24H24N2O7/c1-3-30-19-12-11-18(14-21(19)31-4-2)25-22(27)15-33-24(29)16-7-9-17(10-8-16)26-23(28)20-6-5-13-32-20/h5-14H,3-4,15H2,1-2H3,(H,25,27)(H,26,28). The molecular formula is C24H24N2O7. The molecule has 2 amide bonds. The SMILES string of the molecule is CCOc1ccc(NC(=O)COC(=O)c2ccc(NC(=O)c3ccco3)cc2)cc1OCC. The van der Waals surface area contributed by atoms with Crippen molar-refractivity contribution in [3.63, 3.8) is 0 Å². The predicted octanol–water partition coefficient (Wildman–Crippen LogP) is 4.12. The van der Waals surface area contributed by atoms with Crippen molar-refractivity contribution in [1.29, 1.82) is 0 Å². The molecule has 9 nitrogen and oxygen atoms in total. The molecule has 0 saturated heterocycles. The lowest BCUT2D eigenvalue weighted by Gasteiger charge is -2.13. The Bertz CT molecular complexity index is 1090. The normalized spacial score (nSPS) is 10.2. The van der Waals surface area contributed by atoms with E-state index >= 15 is 0 Å². The van der Waals surface area contributed by atoms with Crippen LogP contribution in [0.2, 0.25) is 0 Å². The predicted molar refractivity (Wildman–Crippen MR) is 121 cm³/mol. The number of furan rings is 1. The molecule has 0 aliphatic rings. The Kier molecular flexibility index (Phi) is 8.07. The zero-order chi connectivity index (χ0) is 23.6. The first-order valence-electron chi connectivity index (χ1n) is 10.3. The molecule has 0 radical (unpaired) electrons. The summed E-state index contributed by atoms with van der Waals surface area (Å²) in [5.74, 6) is -0.326. The number of carbonyl (C=O) groups excluding carboxylic acids is 3. The van der Waals surface area contributed by atoms with Gasteiger partial charge >= 0.3 is 5.97 Å². The number of anilines is 2. The van der Waals surface area contributed by atoms with Crippen LogP contribution in [0.4, 0.5) is 11.4 Å². The summed E-state index contributed by atoms with van der Waals surface area (Å²) >= 11 is 0. The summed E-state index contributed by atoms with van der Waals surface area (Å²) < 4.78 is 21.1. The molecule has 33 heavy (non-hydrogen) atoms. The van der Waals surface area contributed by atoms with Crippen LogP contribution < -0.4 is 20.1 Å². The smallest absolute Gasteiger partial charge is 0.338 e. The number of rotatable bonds is 10. The minimum absolute atomic E-state index is 0.172. The first-order valence-corrected chi connectivity index (χ1v) is 10.3. The third kappa shape index (κ3) is 6.60. The number of amides is 2. The number of esters is 1. The molecule has 0 fully saturated rings. The summed E-state index contributed by atoms with van der Waals surface area (Å²) in [4.78, 5) is 36.4. The minimum Gasteiger partial charge on any atom is -0.490 e. The van der Waals surface area contributed by atoms with Crippen molar-refractivity contribution in [2.75, 3.05) is 30.5 Å². The first kappa shape index (κ1) is 23.4. The van der Waals surface area contributed by atoms with Gasteiger partial charge in [-0.15, -0.1) is 0 Å². The molecule has 0 aliphatic carbocycles. The molecule has 0 aliphatic heterocycles. The van der Waals surface area contributed by atoms with Crippen LogP contribution in [0.1, 0.15) is 34.8 Å². The van der Waals surface area contributed by atoms with Crippen molar-refractivity contribution in [1.82, 2.24) is 0 Å². The summed E-state index contributed by atoms with van der Waals surface area (Å²) in [6.07, 6.45) is 1.40. The molecule has 3 aromatic rings. The van der Waals surface area contributed by atoms with Gasteiger partial charge in [0.05, 0.1) is 25.0 Å². The molecule has 2 aromatic carbocycles. The lowest BCUT2D eigenvalue weighted by atomic mass is 10.2. The number of nitrogens with one attached hydrogen (secondary N) is 2. The summed E-state index contributed by atoms with van der Waals surface area (Å²) in [5.41, 5.74) is 1.20. The monoisotopic (exact) mass is 452 g/mol. The Morgan fingerprint density at radius 2 is 1.55 bits per heavy atom. The third-order valence-electron chi connectivity index (χ3n) is 4.28. The maximum absolute atomic E-state index is 12.2. The van der Waals surface area contributed by atoms with Crippen molar-refractivity contribution in [3.8, 4) is 11.5 Å². The molecule has 3 rings (SSSR count). The van der Waals surface area contributed by atoms with Crippen molar-refractivity contribution in [2.45, 2.75) is 13.8 Å². The van der Waals surface area contributed by atoms with E-state index in [0.29, 0.717) is 36.1 Å². The highest BCUT2D eigenvalue weighted by Crippen LogP contribution is 2.30. The molecule has 0 saturated carbocycles. The second-order valence-corrected chi connectivity index (χ2v) is 6.66. The van der Waals surface area contributed by atoms with Gasteiger partial charge in [-0.3, -0.25) is 9.59 Å². The van der Waals surface area contributed by atoms with Crippen molar-refractivity contribution in [3.05, 3.63) is 72.2 Å². The van der Waals surface area contributed by atoms with Gasteiger partial charge in [-0.1, -0.05) is 0 Å². The third-order valence-corrected chi connectivity index (χ3v) is 4.28. The topological polar surface area (TPSA) is 116 Å². The first-order chi connectivity index (χ1) is 16.0. The lowest BCUT2D eigenvalue weighted by molar-refractivity contribution is -0.119. The Morgan fingerprint density at radius 1 is 0.848 bits per heavy atom. The fourth-order valence-electron chi connectivity index (χ4n) is 2.83. The number of ether oxygens (including phenoxy) is 3. The summed E-state index contributed by atoms with van der Waals surface area (Å²) in [7, 11) is 0. The lowest BCUT2D eigenvalue weighted by Crippen LogP contribution is -2.21. The van der Waals surface area contributed by atoms with Crippen LogP contribution in [-0.2, 0) is 9.53 Å². The quantitative estimate of drug-likeness (QED) is 0.444. The molecule has 2 N–H and O–H groups in total. The summed E-state index contributed by atoms with van der Waals surface area (Å²) in [6, 6.07) is 14.2. The van der Waals surface area contributed by atoms with Gasteiger partial charge in [-0.05, 0) is 62.4 Å². The van der Waals surface area contributed by atoms with Gasteiger partial charge in [0, 0.05) is 17.4 Å².